The Hall–Kier alpha value is -2.45. The molecule has 1 heterocycles. The van der Waals surface area contributed by atoms with Crippen molar-refractivity contribution in [2.45, 2.75) is 37.8 Å². The molecule has 8 heteroatoms. The molecule has 1 fully saturated rings. The maximum Gasteiger partial charge on any atom is 0.264 e. The van der Waals surface area contributed by atoms with Crippen molar-refractivity contribution in [1.29, 1.82) is 0 Å². The van der Waals surface area contributed by atoms with E-state index < -0.39 is 5.56 Å². The van der Waals surface area contributed by atoms with Crippen molar-refractivity contribution in [1.82, 2.24) is 9.55 Å². The number of hydrogen-bond acceptors (Lipinski definition) is 6. The van der Waals surface area contributed by atoms with Crippen LogP contribution in [0.15, 0.2) is 34.1 Å². The third-order valence-electron chi connectivity index (χ3n) is 4.63. The van der Waals surface area contributed by atoms with Crippen molar-refractivity contribution in [3.63, 3.8) is 0 Å². The summed E-state index contributed by atoms with van der Waals surface area (Å²) in [7, 11) is 1.57. The van der Waals surface area contributed by atoms with Crippen molar-refractivity contribution in [2.75, 3.05) is 7.11 Å². The van der Waals surface area contributed by atoms with Crippen LogP contribution in [0.2, 0.25) is 0 Å². The second-order valence-corrected chi connectivity index (χ2v) is 6.71. The Kier molecular flexibility index (Phi) is 5.53. The minimum Gasteiger partial charge on any atom is -0.497 e. The normalized spacial score (nSPS) is 20.4. The van der Waals surface area contributed by atoms with Crippen molar-refractivity contribution >= 4 is 18.4 Å². The maximum absolute atomic E-state index is 12.3. The maximum atomic E-state index is 12.3. The molecule has 0 radical (unpaired) electrons. The van der Waals surface area contributed by atoms with Gasteiger partial charge >= 0.3 is 0 Å². The average Bonchev–Trinajstić information content (AvgIpc) is 2.63. The van der Waals surface area contributed by atoms with Crippen LogP contribution < -0.4 is 16.0 Å². The Bertz CT molecular complexity index is 918. The molecular weight excluding hydrogens is 352 g/mol. The van der Waals surface area contributed by atoms with Crippen LogP contribution in [0.1, 0.15) is 31.2 Å². The van der Waals surface area contributed by atoms with E-state index in [1.165, 1.54) is 10.8 Å². The number of aromatic nitrogens is 2. The fraction of sp³-hybridized carbons (Fsp3) is 0.389. The minimum atomic E-state index is -0.481. The Balaban J connectivity index is 2.01. The average molecular weight is 374 g/mol. The van der Waals surface area contributed by atoms with Crippen LogP contribution in [0.5, 0.6) is 11.6 Å². The summed E-state index contributed by atoms with van der Waals surface area (Å²) in [6.07, 6.45) is 5.37. The van der Waals surface area contributed by atoms with Gasteiger partial charge in [-0.1, -0.05) is 12.8 Å². The van der Waals surface area contributed by atoms with Gasteiger partial charge in [0.05, 0.1) is 18.8 Å². The second-order valence-electron chi connectivity index (χ2n) is 6.32. The molecule has 0 spiro atoms. The van der Waals surface area contributed by atoms with E-state index in [1.54, 1.807) is 31.4 Å². The van der Waals surface area contributed by atoms with Crippen LogP contribution in [0, 0.1) is 4.77 Å². The van der Waals surface area contributed by atoms with Crippen LogP contribution in [0.4, 0.5) is 0 Å². The van der Waals surface area contributed by atoms with Gasteiger partial charge in [-0.2, -0.15) is 0 Å². The van der Waals surface area contributed by atoms with Crippen molar-refractivity contribution in [2.24, 2.45) is 10.7 Å². The molecule has 1 saturated carbocycles. The highest BCUT2D eigenvalue weighted by atomic mass is 32.1. The number of methoxy groups -OCH3 is 1. The highest BCUT2D eigenvalue weighted by Crippen LogP contribution is 2.22. The van der Waals surface area contributed by atoms with Crippen molar-refractivity contribution < 1.29 is 9.84 Å². The van der Waals surface area contributed by atoms with Gasteiger partial charge in [-0.25, -0.2) is 0 Å². The number of H-pyrrole nitrogens is 1. The molecule has 0 unspecified atom stereocenters. The predicted molar refractivity (Wildman–Crippen MR) is 103 cm³/mol. The first-order valence-electron chi connectivity index (χ1n) is 8.52. The van der Waals surface area contributed by atoms with Gasteiger partial charge in [0, 0.05) is 12.3 Å². The Morgan fingerprint density at radius 3 is 2.69 bits per heavy atom. The molecule has 4 N–H and O–H groups in total. The zero-order valence-corrected chi connectivity index (χ0v) is 15.3. The number of rotatable bonds is 4. The van der Waals surface area contributed by atoms with E-state index >= 15 is 0 Å². The van der Waals surface area contributed by atoms with Crippen LogP contribution in [-0.4, -0.2) is 40.1 Å². The van der Waals surface area contributed by atoms with Gasteiger partial charge in [0.25, 0.3) is 5.56 Å². The predicted octanol–water partition coefficient (Wildman–Crippen LogP) is 2.30. The molecule has 7 nitrogen and oxygen atoms in total. The number of aromatic amines is 1. The summed E-state index contributed by atoms with van der Waals surface area (Å²) in [5, 5.41) is 10.6. The summed E-state index contributed by atoms with van der Waals surface area (Å²) in [5.41, 5.74) is 6.28. The van der Waals surface area contributed by atoms with E-state index in [0.717, 1.165) is 25.7 Å². The van der Waals surface area contributed by atoms with E-state index in [4.69, 9.17) is 22.7 Å². The summed E-state index contributed by atoms with van der Waals surface area (Å²) >= 11 is 5.21. The quantitative estimate of drug-likeness (QED) is 0.562. The van der Waals surface area contributed by atoms with Gasteiger partial charge in [-0.15, -0.1) is 0 Å². The highest BCUT2D eigenvalue weighted by Gasteiger charge is 2.21. The molecule has 1 aliphatic carbocycles. The van der Waals surface area contributed by atoms with Crippen LogP contribution in [-0.2, 0) is 0 Å². The topological polar surface area (TPSA) is 106 Å². The van der Waals surface area contributed by atoms with Gasteiger partial charge < -0.3 is 15.6 Å². The van der Waals surface area contributed by atoms with E-state index in [0.29, 0.717) is 11.4 Å². The largest absolute Gasteiger partial charge is 0.497 e. The SMILES string of the molecule is COc1ccc(-n2c(O)c(C=N[C@H]3CCCC[C@H]3N)c(=O)[nH]c2=S)cc1. The van der Waals surface area contributed by atoms with Crippen molar-refractivity contribution in [3.8, 4) is 17.3 Å². The number of hydrogen-bond donors (Lipinski definition) is 3. The Morgan fingerprint density at radius 2 is 2.04 bits per heavy atom. The molecule has 1 aliphatic rings. The molecule has 26 heavy (non-hydrogen) atoms. The van der Waals surface area contributed by atoms with E-state index in [1.807, 2.05) is 0 Å². The summed E-state index contributed by atoms with van der Waals surface area (Å²) in [6, 6.07) is 6.91. The smallest absolute Gasteiger partial charge is 0.264 e. The number of aliphatic imine (C=N–C) groups is 1. The molecule has 2 atom stereocenters. The fourth-order valence-electron chi connectivity index (χ4n) is 3.12. The highest BCUT2D eigenvalue weighted by molar-refractivity contribution is 7.71. The summed E-state index contributed by atoms with van der Waals surface area (Å²) in [4.78, 5) is 19.3. The van der Waals surface area contributed by atoms with E-state index in [9.17, 15) is 9.90 Å². The lowest BCUT2D eigenvalue weighted by Crippen LogP contribution is -2.36. The number of benzene rings is 1. The number of nitrogens with zero attached hydrogens (tertiary/aromatic N) is 2. The number of nitrogens with two attached hydrogens (primary N) is 1. The summed E-state index contributed by atoms with van der Waals surface area (Å²) in [6.45, 7) is 0. The lowest BCUT2D eigenvalue weighted by molar-refractivity contribution is 0.387. The van der Waals surface area contributed by atoms with Gasteiger partial charge in [-0.05, 0) is 49.3 Å². The lowest BCUT2D eigenvalue weighted by atomic mass is 9.91. The molecule has 1 aromatic carbocycles. The second kappa shape index (κ2) is 7.84. The monoisotopic (exact) mass is 374 g/mol. The number of aromatic hydroxyl groups is 1. The van der Waals surface area contributed by atoms with Crippen LogP contribution in [0.25, 0.3) is 5.69 Å². The van der Waals surface area contributed by atoms with Gasteiger partial charge in [-0.3, -0.25) is 19.3 Å². The number of ether oxygens (including phenoxy) is 1. The molecular formula is C18H22N4O3S. The van der Waals surface area contributed by atoms with Gasteiger partial charge in [0.1, 0.15) is 11.3 Å². The molecule has 0 bridgehead atoms. The minimum absolute atomic E-state index is 0.0202. The van der Waals surface area contributed by atoms with E-state index in [2.05, 4.69) is 9.98 Å². The first-order valence-corrected chi connectivity index (χ1v) is 8.93. The Morgan fingerprint density at radius 1 is 1.35 bits per heavy atom. The molecule has 3 rings (SSSR count). The molecule has 2 aromatic rings. The molecule has 138 valence electrons. The van der Waals surface area contributed by atoms with Gasteiger partial charge in [0.2, 0.25) is 5.88 Å². The Labute approximate surface area is 156 Å². The number of nitrogens with one attached hydrogen (secondary N) is 1. The molecule has 0 amide bonds. The molecule has 0 aliphatic heterocycles. The standard InChI is InChI=1S/C18H22N4O3S/c1-25-12-8-6-11(7-9-12)22-17(24)13(16(23)21-18(22)26)10-20-15-5-3-2-4-14(15)19/h6-10,14-15,24H,2-5,19H2,1H3,(H,21,23,26)/t14-,15+/m1/s1. The fourth-order valence-corrected chi connectivity index (χ4v) is 3.41. The summed E-state index contributed by atoms with van der Waals surface area (Å²) in [5.74, 6) is 0.425. The zero-order valence-electron chi connectivity index (χ0n) is 14.5. The summed E-state index contributed by atoms with van der Waals surface area (Å²) < 4.78 is 6.62. The van der Waals surface area contributed by atoms with Crippen LogP contribution >= 0.6 is 12.2 Å². The third kappa shape index (κ3) is 3.71. The van der Waals surface area contributed by atoms with Crippen LogP contribution in [0.3, 0.4) is 0 Å². The van der Waals surface area contributed by atoms with Crippen molar-refractivity contribution in [3.05, 3.63) is 45.0 Å². The first-order chi connectivity index (χ1) is 12.5. The third-order valence-corrected chi connectivity index (χ3v) is 4.91. The van der Waals surface area contributed by atoms with Gasteiger partial charge in [0.15, 0.2) is 4.77 Å². The lowest BCUT2D eigenvalue weighted by Gasteiger charge is -2.25. The molecule has 0 saturated heterocycles. The van der Waals surface area contributed by atoms with E-state index in [-0.39, 0.29) is 28.3 Å². The molecule has 1 aromatic heterocycles. The first kappa shape index (κ1) is 18.3. The zero-order chi connectivity index (χ0) is 18.7.